The Balaban J connectivity index is 2.42. The van der Waals surface area contributed by atoms with Crippen LogP contribution in [0, 0.1) is 11.3 Å². The van der Waals surface area contributed by atoms with Crippen molar-refractivity contribution in [1.82, 2.24) is 5.32 Å². The molecule has 1 unspecified atom stereocenters. The summed E-state index contributed by atoms with van der Waals surface area (Å²) in [5.74, 6) is 3.24. The summed E-state index contributed by atoms with van der Waals surface area (Å²) in [6, 6.07) is 0. The van der Waals surface area contributed by atoms with Gasteiger partial charge in [0.25, 0.3) is 0 Å². The molecule has 0 radical (unpaired) electrons. The van der Waals surface area contributed by atoms with Gasteiger partial charge in [0.2, 0.25) is 5.91 Å². The predicted molar refractivity (Wildman–Crippen MR) is 70.5 cm³/mol. The Morgan fingerprint density at radius 1 is 1.50 bits per heavy atom. The third-order valence-corrected chi connectivity index (χ3v) is 5.03. The van der Waals surface area contributed by atoms with Gasteiger partial charge in [0.15, 0.2) is 0 Å². The smallest absolute Gasteiger partial charge is 0.227 e. The van der Waals surface area contributed by atoms with Crippen molar-refractivity contribution in [2.45, 2.75) is 33.1 Å². The van der Waals surface area contributed by atoms with Crippen LogP contribution in [0.4, 0.5) is 0 Å². The number of hydrogen-bond donors (Lipinski definition) is 2. The molecule has 0 aliphatic carbocycles. The molecular formula is C12H24N2OS. The lowest BCUT2D eigenvalue weighted by Crippen LogP contribution is -2.46. The van der Waals surface area contributed by atoms with Crippen LogP contribution in [0.25, 0.3) is 0 Å². The molecule has 1 amide bonds. The molecule has 1 saturated heterocycles. The van der Waals surface area contributed by atoms with E-state index in [1.807, 2.05) is 25.6 Å². The number of carbonyl (C=O) groups excluding carboxylic acids is 1. The summed E-state index contributed by atoms with van der Waals surface area (Å²) in [6.07, 6.45) is 2.88. The molecule has 1 atom stereocenters. The lowest BCUT2D eigenvalue weighted by atomic mass is 9.81. The average molecular weight is 244 g/mol. The van der Waals surface area contributed by atoms with Gasteiger partial charge in [0.1, 0.15) is 0 Å². The van der Waals surface area contributed by atoms with Crippen molar-refractivity contribution in [3.63, 3.8) is 0 Å². The fraction of sp³-hybridized carbons (Fsp3) is 0.917. The van der Waals surface area contributed by atoms with Gasteiger partial charge in [-0.05, 0) is 36.7 Å². The summed E-state index contributed by atoms with van der Waals surface area (Å²) in [5.41, 5.74) is 5.41. The van der Waals surface area contributed by atoms with Crippen LogP contribution < -0.4 is 11.1 Å². The molecule has 94 valence electrons. The maximum atomic E-state index is 12.1. The first-order valence-corrected chi connectivity index (χ1v) is 7.40. The van der Waals surface area contributed by atoms with Crippen molar-refractivity contribution in [1.29, 1.82) is 0 Å². The maximum absolute atomic E-state index is 12.1. The van der Waals surface area contributed by atoms with Crippen molar-refractivity contribution in [3.8, 4) is 0 Å². The number of thioether (sulfide) groups is 1. The van der Waals surface area contributed by atoms with Gasteiger partial charge in [0, 0.05) is 13.1 Å². The molecule has 3 N–H and O–H groups in total. The van der Waals surface area contributed by atoms with Gasteiger partial charge in [-0.15, -0.1) is 0 Å². The largest absolute Gasteiger partial charge is 0.355 e. The molecule has 16 heavy (non-hydrogen) atoms. The Kier molecular flexibility index (Phi) is 5.62. The number of nitrogens with two attached hydrogens (primary N) is 1. The van der Waals surface area contributed by atoms with Gasteiger partial charge in [-0.3, -0.25) is 4.79 Å². The molecule has 0 aromatic carbocycles. The number of hydrogen-bond acceptors (Lipinski definition) is 3. The normalized spacial score (nSPS) is 21.1. The van der Waals surface area contributed by atoms with Crippen LogP contribution >= 0.6 is 11.8 Å². The van der Waals surface area contributed by atoms with Crippen molar-refractivity contribution < 1.29 is 4.79 Å². The van der Waals surface area contributed by atoms with E-state index in [1.165, 1.54) is 17.9 Å². The standard InChI is InChI=1S/C12H24N2OS/c1-3-12(4-2,9-13)11(15)14-7-10-5-6-16-8-10/h10H,3-9,13H2,1-2H3,(H,14,15). The lowest BCUT2D eigenvalue weighted by molar-refractivity contribution is -0.131. The van der Waals surface area contributed by atoms with Crippen LogP contribution in [0.1, 0.15) is 33.1 Å². The Hall–Kier alpha value is -0.220. The molecule has 1 heterocycles. The molecule has 1 aliphatic rings. The van der Waals surface area contributed by atoms with Crippen molar-refractivity contribution in [2.24, 2.45) is 17.1 Å². The number of nitrogens with one attached hydrogen (secondary N) is 1. The summed E-state index contributed by atoms with van der Waals surface area (Å²) in [7, 11) is 0. The first-order chi connectivity index (χ1) is 7.68. The maximum Gasteiger partial charge on any atom is 0.227 e. The summed E-state index contributed by atoms with van der Waals surface area (Å²) < 4.78 is 0. The van der Waals surface area contributed by atoms with Crippen molar-refractivity contribution in [3.05, 3.63) is 0 Å². The zero-order valence-corrected chi connectivity index (χ0v) is 11.2. The minimum absolute atomic E-state index is 0.150. The highest BCUT2D eigenvalue weighted by Gasteiger charge is 2.33. The second kappa shape index (κ2) is 6.50. The van der Waals surface area contributed by atoms with E-state index in [2.05, 4.69) is 5.32 Å². The summed E-state index contributed by atoms with van der Waals surface area (Å²) in [6.45, 7) is 5.36. The minimum atomic E-state index is -0.342. The van der Waals surface area contributed by atoms with E-state index < -0.39 is 0 Å². The minimum Gasteiger partial charge on any atom is -0.355 e. The zero-order valence-electron chi connectivity index (χ0n) is 10.4. The van der Waals surface area contributed by atoms with Gasteiger partial charge >= 0.3 is 0 Å². The Morgan fingerprint density at radius 3 is 2.62 bits per heavy atom. The summed E-state index contributed by atoms with van der Waals surface area (Å²) >= 11 is 1.98. The Morgan fingerprint density at radius 2 is 2.19 bits per heavy atom. The van der Waals surface area contributed by atoms with E-state index in [1.54, 1.807) is 0 Å². The molecule has 0 spiro atoms. The zero-order chi connectivity index (χ0) is 12.0. The molecule has 3 nitrogen and oxygen atoms in total. The summed E-state index contributed by atoms with van der Waals surface area (Å²) in [5, 5.41) is 3.09. The first-order valence-electron chi connectivity index (χ1n) is 6.24. The predicted octanol–water partition coefficient (Wildman–Crippen LogP) is 1.62. The van der Waals surface area contributed by atoms with E-state index in [-0.39, 0.29) is 11.3 Å². The van der Waals surface area contributed by atoms with Crippen LogP contribution in [0.5, 0.6) is 0 Å². The third-order valence-electron chi connectivity index (χ3n) is 3.80. The fourth-order valence-electron chi connectivity index (χ4n) is 2.12. The van der Waals surface area contributed by atoms with Gasteiger partial charge < -0.3 is 11.1 Å². The highest BCUT2D eigenvalue weighted by Crippen LogP contribution is 2.26. The fourth-order valence-corrected chi connectivity index (χ4v) is 3.41. The van der Waals surface area contributed by atoms with Gasteiger partial charge in [-0.25, -0.2) is 0 Å². The number of carbonyl (C=O) groups is 1. The van der Waals surface area contributed by atoms with E-state index >= 15 is 0 Å². The Bertz CT molecular complexity index is 215. The monoisotopic (exact) mass is 244 g/mol. The topological polar surface area (TPSA) is 55.1 Å². The van der Waals surface area contributed by atoms with E-state index in [0.717, 1.165) is 19.4 Å². The van der Waals surface area contributed by atoms with Gasteiger partial charge in [0.05, 0.1) is 5.41 Å². The second-order valence-corrected chi connectivity index (χ2v) is 5.78. The van der Waals surface area contributed by atoms with Gasteiger partial charge in [-0.1, -0.05) is 13.8 Å². The van der Waals surface area contributed by atoms with Crippen LogP contribution in [-0.4, -0.2) is 30.5 Å². The number of rotatable bonds is 6. The molecular weight excluding hydrogens is 220 g/mol. The first kappa shape index (κ1) is 13.8. The van der Waals surface area contributed by atoms with Crippen LogP contribution in [0.3, 0.4) is 0 Å². The molecule has 1 aliphatic heterocycles. The average Bonchev–Trinajstić information content (AvgIpc) is 2.82. The molecule has 4 heteroatoms. The van der Waals surface area contributed by atoms with Crippen LogP contribution in [-0.2, 0) is 4.79 Å². The lowest BCUT2D eigenvalue weighted by Gasteiger charge is -2.29. The van der Waals surface area contributed by atoms with Gasteiger partial charge in [-0.2, -0.15) is 11.8 Å². The Labute approximate surface area is 103 Å². The second-order valence-electron chi connectivity index (χ2n) is 4.63. The molecule has 0 bridgehead atoms. The van der Waals surface area contributed by atoms with E-state index in [9.17, 15) is 4.79 Å². The van der Waals surface area contributed by atoms with Crippen LogP contribution in [0.2, 0.25) is 0 Å². The number of amides is 1. The molecule has 1 fully saturated rings. The SMILES string of the molecule is CCC(CC)(CN)C(=O)NCC1CCSC1. The highest BCUT2D eigenvalue weighted by molar-refractivity contribution is 7.99. The van der Waals surface area contributed by atoms with Crippen molar-refractivity contribution >= 4 is 17.7 Å². The molecule has 0 aromatic heterocycles. The molecule has 1 rings (SSSR count). The van der Waals surface area contributed by atoms with Crippen molar-refractivity contribution in [2.75, 3.05) is 24.6 Å². The molecule has 0 aromatic rings. The molecule has 0 saturated carbocycles. The summed E-state index contributed by atoms with van der Waals surface area (Å²) in [4.78, 5) is 12.1. The van der Waals surface area contributed by atoms with E-state index in [4.69, 9.17) is 5.73 Å². The quantitative estimate of drug-likeness (QED) is 0.746. The third kappa shape index (κ3) is 3.14. The van der Waals surface area contributed by atoms with Crippen LogP contribution in [0.15, 0.2) is 0 Å². The highest BCUT2D eigenvalue weighted by atomic mass is 32.2. The van der Waals surface area contributed by atoms with E-state index in [0.29, 0.717) is 12.5 Å².